The number of cyclic esters (lactones) is 1. The molecule has 1 fully saturated rings. The van der Waals surface area contributed by atoms with Gasteiger partial charge in [0.1, 0.15) is 6.10 Å². The summed E-state index contributed by atoms with van der Waals surface area (Å²) in [5.41, 5.74) is 0.694. The zero-order valence-corrected chi connectivity index (χ0v) is 13.8. The summed E-state index contributed by atoms with van der Waals surface area (Å²) < 4.78 is 5.71. The summed E-state index contributed by atoms with van der Waals surface area (Å²) in [6.45, 7) is 9.38. The number of nitrogens with zero attached hydrogens (tertiary/aromatic N) is 1. The van der Waals surface area contributed by atoms with Crippen LogP contribution in [0.25, 0.3) is 0 Å². The van der Waals surface area contributed by atoms with E-state index in [9.17, 15) is 4.79 Å². The predicted octanol–water partition coefficient (Wildman–Crippen LogP) is 3.38. The first-order chi connectivity index (χ1) is 9.79. The van der Waals surface area contributed by atoms with E-state index in [1.54, 1.807) is 0 Å². The van der Waals surface area contributed by atoms with Gasteiger partial charge in [0, 0.05) is 18.5 Å². The number of hydrogen-bond donors (Lipinski definition) is 0. The van der Waals surface area contributed by atoms with Crippen molar-refractivity contribution in [3.05, 3.63) is 35.9 Å². The molecule has 1 heterocycles. The molecule has 1 aliphatic rings. The van der Waals surface area contributed by atoms with Gasteiger partial charge in [-0.2, -0.15) is 0 Å². The Balaban J connectivity index is 2.18. The van der Waals surface area contributed by atoms with Crippen molar-refractivity contribution < 1.29 is 9.53 Å². The molecule has 1 saturated heterocycles. The average Bonchev–Trinajstić information content (AvgIpc) is 2.75. The first kappa shape index (κ1) is 16.0. The van der Waals surface area contributed by atoms with Crippen LogP contribution in [0.15, 0.2) is 30.3 Å². The second kappa shape index (κ2) is 5.80. The minimum absolute atomic E-state index is 0.0260. The summed E-state index contributed by atoms with van der Waals surface area (Å²) in [6, 6.07) is 10.1. The molecule has 1 aliphatic heterocycles. The molecule has 116 valence electrons. The molecule has 0 N–H and O–H groups in total. The number of esters is 1. The molecule has 0 aromatic heterocycles. The third-order valence-electron chi connectivity index (χ3n) is 4.79. The van der Waals surface area contributed by atoms with E-state index in [-0.39, 0.29) is 17.6 Å². The van der Waals surface area contributed by atoms with Crippen LogP contribution < -0.4 is 0 Å². The SMILES string of the molecule is CCC1(c2ccccc2)CC(CN(C)C(C)(C)C)OC1=O. The highest BCUT2D eigenvalue weighted by Gasteiger charge is 2.49. The van der Waals surface area contributed by atoms with Gasteiger partial charge in [0.2, 0.25) is 0 Å². The number of rotatable bonds is 4. The molecule has 1 aromatic rings. The molecule has 0 saturated carbocycles. The van der Waals surface area contributed by atoms with E-state index in [1.807, 2.05) is 30.3 Å². The summed E-state index contributed by atoms with van der Waals surface area (Å²) >= 11 is 0. The van der Waals surface area contributed by atoms with Gasteiger partial charge in [0.15, 0.2) is 0 Å². The molecule has 3 heteroatoms. The molecule has 3 nitrogen and oxygen atoms in total. The van der Waals surface area contributed by atoms with Crippen LogP contribution in [0.4, 0.5) is 0 Å². The van der Waals surface area contributed by atoms with Crippen LogP contribution in [0.2, 0.25) is 0 Å². The van der Waals surface area contributed by atoms with Gasteiger partial charge in [-0.1, -0.05) is 37.3 Å². The number of likely N-dealkylation sites (N-methyl/N-ethyl adjacent to an activating group) is 1. The normalized spacial score (nSPS) is 26.2. The van der Waals surface area contributed by atoms with E-state index in [1.165, 1.54) is 0 Å². The van der Waals surface area contributed by atoms with Crippen molar-refractivity contribution in [1.29, 1.82) is 0 Å². The van der Waals surface area contributed by atoms with E-state index >= 15 is 0 Å². The lowest BCUT2D eigenvalue weighted by Crippen LogP contribution is -2.42. The molecule has 0 radical (unpaired) electrons. The van der Waals surface area contributed by atoms with Gasteiger partial charge in [-0.15, -0.1) is 0 Å². The molecular formula is C18H27NO2. The summed E-state index contributed by atoms with van der Waals surface area (Å²) in [6.07, 6.45) is 1.53. The Bertz CT molecular complexity index is 492. The maximum atomic E-state index is 12.5. The van der Waals surface area contributed by atoms with Crippen LogP contribution in [0.3, 0.4) is 0 Å². The number of carbonyl (C=O) groups excluding carboxylic acids is 1. The average molecular weight is 289 g/mol. The molecule has 21 heavy (non-hydrogen) atoms. The van der Waals surface area contributed by atoms with Gasteiger partial charge in [-0.25, -0.2) is 0 Å². The van der Waals surface area contributed by atoms with Crippen LogP contribution >= 0.6 is 0 Å². The maximum Gasteiger partial charge on any atom is 0.317 e. The molecule has 1 aromatic carbocycles. The van der Waals surface area contributed by atoms with Gasteiger partial charge in [-0.3, -0.25) is 9.69 Å². The third kappa shape index (κ3) is 3.13. The highest BCUT2D eigenvalue weighted by atomic mass is 16.6. The van der Waals surface area contributed by atoms with Gasteiger partial charge in [0.05, 0.1) is 5.41 Å². The zero-order chi connectivity index (χ0) is 15.7. The second-order valence-corrected chi connectivity index (χ2v) is 7.08. The van der Waals surface area contributed by atoms with Gasteiger partial charge in [0.25, 0.3) is 0 Å². The number of benzene rings is 1. The van der Waals surface area contributed by atoms with Crippen LogP contribution in [0.5, 0.6) is 0 Å². The lowest BCUT2D eigenvalue weighted by Gasteiger charge is -2.33. The molecule has 0 spiro atoms. The fraction of sp³-hybridized carbons (Fsp3) is 0.611. The molecule has 2 rings (SSSR count). The van der Waals surface area contributed by atoms with Gasteiger partial charge in [-0.05, 0) is 39.8 Å². The van der Waals surface area contributed by atoms with E-state index in [4.69, 9.17) is 4.74 Å². The Morgan fingerprint density at radius 3 is 2.43 bits per heavy atom. The molecule has 0 bridgehead atoms. The minimum atomic E-state index is -0.468. The topological polar surface area (TPSA) is 29.5 Å². The second-order valence-electron chi connectivity index (χ2n) is 7.08. The number of ether oxygens (including phenoxy) is 1. The lowest BCUT2D eigenvalue weighted by molar-refractivity contribution is -0.146. The van der Waals surface area contributed by atoms with Crippen LogP contribution in [0.1, 0.15) is 46.1 Å². The van der Waals surface area contributed by atoms with E-state index < -0.39 is 5.41 Å². The van der Waals surface area contributed by atoms with Gasteiger partial charge >= 0.3 is 5.97 Å². The Morgan fingerprint density at radius 2 is 1.90 bits per heavy atom. The van der Waals surface area contributed by atoms with Crippen molar-refractivity contribution in [2.45, 2.75) is 57.6 Å². The summed E-state index contributed by atoms with van der Waals surface area (Å²) in [7, 11) is 2.09. The van der Waals surface area contributed by atoms with E-state index in [0.717, 1.165) is 24.9 Å². The first-order valence-corrected chi connectivity index (χ1v) is 7.77. The molecule has 2 atom stereocenters. The van der Waals surface area contributed by atoms with Crippen molar-refractivity contribution in [3.63, 3.8) is 0 Å². The lowest BCUT2D eigenvalue weighted by atomic mass is 9.75. The Labute approximate surface area is 128 Å². The van der Waals surface area contributed by atoms with Crippen molar-refractivity contribution in [2.75, 3.05) is 13.6 Å². The van der Waals surface area contributed by atoms with Crippen LogP contribution in [-0.4, -0.2) is 36.1 Å². The summed E-state index contributed by atoms with van der Waals surface area (Å²) in [5, 5.41) is 0. The molecular weight excluding hydrogens is 262 g/mol. The van der Waals surface area contributed by atoms with Crippen molar-refractivity contribution in [2.24, 2.45) is 0 Å². The molecule has 0 aliphatic carbocycles. The smallest absolute Gasteiger partial charge is 0.317 e. The highest BCUT2D eigenvalue weighted by Crippen LogP contribution is 2.40. The van der Waals surface area contributed by atoms with Crippen molar-refractivity contribution in [1.82, 2.24) is 4.90 Å². The van der Waals surface area contributed by atoms with Crippen LogP contribution in [0, 0.1) is 0 Å². The monoisotopic (exact) mass is 289 g/mol. The summed E-state index contributed by atoms with van der Waals surface area (Å²) in [4.78, 5) is 14.8. The quantitative estimate of drug-likeness (QED) is 0.796. The predicted molar refractivity (Wildman–Crippen MR) is 85.3 cm³/mol. The van der Waals surface area contributed by atoms with Crippen molar-refractivity contribution >= 4 is 5.97 Å². The molecule has 2 unspecified atom stereocenters. The third-order valence-corrected chi connectivity index (χ3v) is 4.79. The minimum Gasteiger partial charge on any atom is -0.460 e. The van der Waals surface area contributed by atoms with Crippen LogP contribution in [-0.2, 0) is 14.9 Å². The van der Waals surface area contributed by atoms with E-state index in [0.29, 0.717) is 0 Å². The van der Waals surface area contributed by atoms with E-state index in [2.05, 4.69) is 39.6 Å². The molecule has 0 amide bonds. The number of hydrogen-bond acceptors (Lipinski definition) is 3. The maximum absolute atomic E-state index is 12.5. The standard InChI is InChI=1S/C18H27NO2/c1-6-18(14-10-8-7-9-11-14)12-15(21-16(18)20)13-19(5)17(2,3)4/h7-11,15H,6,12-13H2,1-5H3. The fourth-order valence-corrected chi connectivity index (χ4v) is 2.94. The Hall–Kier alpha value is -1.35. The fourth-order valence-electron chi connectivity index (χ4n) is 2.94. The van der Waals surface area contributed by atoms with Gasteiger partial charge < -0.3 is 4.74 Å². The first-order valence-electron chi connectivity index (χ1n) is 7.77. The van der Waals surface area contributed by atoms with Crippen molar-refractivity contribution in [3.8, 4) is 0 Å². The Kier molecular flexibility index (Phi) is 4.43. The summed E-state index contributed by atoms with van der Waals surface area (Å²) in [5.74, 6) is -0.0662. The highest BCUT2D eigenvalue weighted by molar-refractivity contribution is 5.85. The Morgan fingerprint density at radius 1 is 1.29 bits per heavy atom. The zero-order valence-electron chi connectivity index (χ0n) is 13.8. The number of carbonyl (C=O) groups is 1. The largest absolute Gasteiger partial charge is 0.460 e.